The second-order valence-electron chi connectivity index (χ2n) is 7.58. The van der Waals surface area contributed by atoms with E-state index in [-0.39, 0.29) is 24.2 Å². The molecule has 4 heterocycles. The zero-order valence-electron chi connectivity index (χ0n) is 17.4. The SMILES string of the molecule is FC(F)(F)COc1nc2nc(n1)Nc1ccc(cc1)C1OC1NCCCCCNCCN2. The van der Waals surface area contributed by atoms with Crippen molar-refractivity contribution < 1.29 is 22.6 Å². The van der Waals surface area contributed by atoms with Crippen LogP contribution in [0.15, 0.2) is 24.3 Å². The molecule has 32 heavy (non-hydrogen) atoms. The largest absolute Gasteiger partial charge is 0.454 e. The van der Waals surface area contributed by atoms with E-state index in [1.807, 2.05) is 24.3 Å². The molecule has 12 heteroatoms. The van der Waals surface area contributed by atoms with E-state index in [1.54, 1.807) is 0 Å². The summed E-state index contributed by atoms with van der Waals surface area (Å²) in [5.41, 5.74) is 1.72. The minimum atomic E-state index is -4.49. The van der Waals surface area contributed by atoms with Gasteiger partial charge in [0.15, 0.2) is 6.61 Å². The summed E-state index contributed by atoms with van der Waals surface area (Å²) in [6.45, 7) is 1.46. The molecule has 4 N–H and O–H groups in total. The van der Waals surface area contributed by atoms with Crippen LogP contribution in [0.1, 0.15) is 30.9 Å². The summed E-state index contributed by atoms with van der Waals surface area (Å²) < 4.78 is 48.1. The highest BCUT2D eigenvalue weighted by Gasteiger charge is 2.39. The normalized spacial score (nSPS) is 22.2. The Morgan fingerprint density at radius 2 is 1.72 bits per heavy atom. The summed E-state index contributed by atoms with van der Waals surface area (Å²) in [6.07, 6.45) is -1.22. The number of fused-ring (bicyclic) bond motifs is 11. The maximum atomic E-state index is 12.6. The summed E-state index contributed by atoms with van der Waals surface area (Å²) in [4.78, 5) is 12.1. The van der Waals surface area contributed by atoms with E-state index in [9.17, 15) is 13.2 Å². The number of anilines is 3. The Balaban J connectivity index is 1.49. The van der Waals surface area contributed by atoms with E-state index in [1.165, 1.54) is 0 Å². The molecule has 1 aromatic heterocycles. The Kier molecular flexibility index (Phi) is 7.22. The quantitative estimate of drug-likeness (QED) is 0.511. The fourth-order valence-electron chi connectivity index (χ4n) is 3.29. The topological polar surface area (TPSA) is 109 Å². The van der Waals surface area contributed by atoms with E-state index in [0.717, 1.165) is 37.9 Å². The maximum Gasteiger partial charge on any atom is 0.422 e. The van der Waals surface area contributed by atoms with Crippen molar-refractivity contribution in [2.24, 2.45) is 0 Å². The average molecular weight is 453 g/mol. The molecule has 1 fully saturated rings. The van der Waals surface area contributed by atoms with Crippen LogP contribution in [0.25, 0.3) is 0 Å². The molecule has 1 saturated heterocycles. The molecule has 0 amide bonds. The first-order chi connectivity index (χ1) is 15.5. The first kappa shape index (κ1) is 22.5. The lowest BCUT2D eigenvalue weighted by atomic mass is 10.1. The van der Waals surface area contributed by atoms with Gasteiger partial charge in [-0.25, -0.2) is 0 Å². The van der Waals surface area contributed by atoms with Crippen molar-refractivity contribution in [1.29, 1.82) is 0 Å². The van der Waals surface area contributed by atoms with Crippen molar-refractivity contribution in [2.75, 3.05) is 43.4 Å². The zero-order valence-corrected chi connectivity index (χ0v) is 17.4. The van der Waals surface area contributed by atoms with Crippen molar-refractivity contribution in [2.45, 2.75) is 37.8 Å². The monoisotopic (exact) mass is 453 g/mol. The number of hydrogen-bond acceptors (Lipinski definition) is 9. The van der Waals surface area contributed by atoms with Gasteiger partial charge < -0.3 is 25.4 Å². The van der Waals surface area contributed by atoms with Crippen molar-refractivity contribution in [1.82, 2.24) is 25.6 Å². The Hall–Kier alpha value is -2.70. The molecule has 3 aliphatic heterocycles. The third-order valence-electron chi connectivity index (χ3n) is 4.93. The van der Waals surface area contributed by atoms with E-state index >= 15 is 0 Å². The molecule has 2 atom stereocenters. The van der Waals surface area contributed by atoms with Crippen molar-refractivity contribution in [3.63, 3.8) is 0 Å². The van der Waals surface area contributed by atoms with Crippen LogP contribution >= 0.6 is 0 Å². The summed E-state index contributed by atoms with van der Waals surface area (Å²) in [7, 11) is 0. The van der Waals surface area contributed by atoms with Gasteiger partial charge >= 0.3 is 12.2 Å². The highest BCUT2D eigenvalue weighted by Crippen LogP contribution is 2.37. The predicted molar refractivity (Wildman–Crippen MR) is 112 cm³/mol. The van der Waals surface area contributed by atoms with Crippen LogP contribution in [0.5, 0.6) is 6.01 Å². The van der Waals surface area contributed by atoms with Crippen LogP contribution in [0.2, 0.25) is 0 Å². The highest BCUT2D eigenvalue weighted by atomic mass is 19.4. The lowest BCUT2D eigenvalue weighted by Gasteiger charge is -2.12. The standard InChI is InChI=1S/C20H26F3N7O2/c21-20(22,23)12-31-19-29-17-26-11-10-24-8-2-1-3-9-25-16-15(32-16)13-4-6-14(7-5-13)27-18(28-17)30-19/h4-7,15-16,24-25H,1-3,8-12H2,(H2,26,27,28,29,30). The molecule has 1 aromatic carbocycles. The van der Waals surface area contributed by atoms with Gasteiger partial charge in [0, 0.05) is 18.8 Å². The van der Waals surface area contributed by atoms with E-state index < -0.39 is 18.8 Å². The molecule has 2 aromatic rings. The lowest BCUT2D eigenvalue weighted by molar-refractivity contribution is -0.154. The number of hydrogen-bond donors (Lipinski definition) is 4. The van der Waals surface area contributed by atoms with Gasteiger partial charge in [-0.15, -0.1) is 0 Å². The second-order valence-corrected chi connectivity index (χ2v) is 7.58. The van der Waals surface area contributed by atoms with Crippen LogP contribution < -0.4 is 26.0 Å². The average Bonchev–Trinajstić information content (AvgIpc) is 3.52. The van der Waals surface area contributed by atoms with Crippen molar-refractivity contribution >= 4 is 17.6 Å². The third kappa shape index (κ3) is 6.90. The van der Waals surface area contributed by atoms with Crippen molar-refractivity contribution in [3.05, 3.63) is 29.8 Å². The van der Waals surface area contributed by atoms with Gasteiger partial charge in [-0.05, 0) is 43.6 Å². The van der Waals surface area contributed by atoms with Crippen LogP contribution in [-0.2, 0) is 4.74 Å². The lowest BCUT2D eigenvalue weighted by Crippen LogP contribution is -2.25. The summed E-state index contributed by atoms with van der Waals surface area (Å²) in [6, 6.07) is 7.13. The number of nitrogens with one attached hydrogen (secondary N) is 4. The molecule has 4 bridgehead atoms. The highest BCUT2D eigenvalue weighted by molar-refractivity contribution is 5.55. The summed E-state index contributed by atoms with van der Waals surface area (Å²) in [5.74, 6) is 0.213. The van der Waals surface area contributed by atoms with E-state index in [2.05, 4.69) is 36.2 Å². The molecular weight excluding hydrogens is 427 g/mol. The van der Waals surface area contributed by atoms with Gasteiger partial charge in [0.05, 0.1) is 0 Å². The molecule has 0 aliphatic carbocycles. The second kappa shape index (κ2) is 10.3. The van der Waals surface area contributed by atoms with Crippen LogP contribution in [0.3, 0.4) is 0 Å². The number of alkyl halides is 3. The fraction of sp³-hybridized carbons (Fsp3) is 0.550. The third-order valence-corrected chi connectivity index (χ3v) is 4.93. The zero-order chi connectivity index (χ0) is 22.4. The molecule has 2 unspecified atom stereocenters. The number of aromatic nitrogens is 3. The Morgan fingerprint density at radius 3 is 2.53 bits per heavy atom. The number of halogens is 3. The molecule has 9 nitrogen and oxygen atoms in total. The Labute approximate surface area is 183 Å². The first-order valence-electron chi connectivity index (χ1n) is 10.6. The van der Waals surface area contributed by atoms with Gasteiger partial charge in [0.25, 0.3) is 0 Å². The van der Waals surface area contributed by atoms with Crippen molar-refractivity contribution in [3.8, 4) is 6.01 Å². The van der Waals surface area contributed by atoms with Gasteiger partial charge in [0.2, 0.25) is 11.9 Å². The van der Waals surface area contributed by atoms with E-state index in [0.29, 0.717) is 18.8 Å². The number of ether oxygens (including phenoxy) is 2. The maximum absolute atomic E-state index is 12.6. The van der Waals surface area contributed by atoms with Crippen LogP contribution in [-0.4, -0.2) is 60.1 Å². The summed E-state index contributed by atoms with van der Waals surface area (Å²) >= 11 is 0. The molecule has 174 valence electrons. The van der Waals surface area contributed by atoms with Gasteiger partial charge in [-0.3, -0.25) is 5.32 Å². The van der Waals surface area contributed by atoms with Gasteiger partial charge in [0.1, 0.15) is 12.3 Å². The Bertz CT molecular complexity index is 882. The number of benzene rings is 1. The molecule has 5 rings (SSSR count). The smallest absolute Gasteiger partial charge is 0.422 e. The number of epoxide rings is 1. The van der Waals surface area contributed by atoms with Crippen LogP contribution in [0.4, 0.5) is 30.8 Å². The van der Waals surface area contributed by atoms with Gasteiger partial charge in [-0.2, -0.15) is 28.1 Å². The fourth-order valence-corrected chi connectivity index (χ4v) is 3.29. The molecule has 0 spiro atoms. The summed E-state index contributed by atoms with van der Waals surface area (Å²) in [5, 5.41) is 12.7. The van der Waals surface area contributed by atoms with E-state index in [4.69, 9.17) is 9.47 Å². The molecular formula is C20H26F3N7O2. The molecule has 3 aliphatic rings. The van der Waals surface area contributed by atoms with Crippen LogP contribution in [0, 0.1) is 0 Å². The molecule has 0 saturated carbocycles. The number of nitrogens with zero attached hydrogens (tertiary/aromatic N) is 3. The first-order valence-corrected chi connectivity index (χ1v) is 10.6. The number of rotatable bonds is 2. The Morgan fingerprint density at radius 1 is 0.938 bits per heavy atom. The molecule has 0 radical (unpaired) electrons. The minimum Gasteiger partial charge on any atom is -0.454 e. The van der Waals surface area contributed by atoms with Gasteiger partial charge in [-0.1, -0.05) is 18.6 Å². The minimum absolute atomic E-state index is 0.0201. The predicted octanol–water partition coefficient (Wildman–Crippen LogP) is 2.73.